The van der Waals surface area contributed by atoms with E-state index < -0.39 is 23.5 Å². The molecule has 2 rings (SSSR count). The van der Waals surface area contributed by atoms with Crippen LogP contribution in [-0.4, -0.2) is 27.4 Å². The Kier molecular flexibility index (Phi) is 5.30. The lowest BCUT2D eigenvalue weighted by Crippen LogP contribution is -2.60. The maximum atomic E-state index is 13.6. The largest absolute Gasteiger partial charge is 0.411 e. The van der Waals surface area contributed by atoms with Gasteiger partial charge in [-0.1, -0.05) is 26.2 Å². The fraction of sp³-hybridized carbons (Fsp3) is 0.765. The molecule has 0 aliphatic heterocycles. The van der Waals surface area contributed by atoms with Gasteiger partial charge in [0.15, 0.2) is 0 Å². The number of amides is 1. The zero-order chi connectivity index (χ0) is 18.1. The number of nitrogens with zero attached hydrogens (tertiary/aromatic N) is 2. The van der Waals surface area contributed by atoms with Gasteiger partial charge in [0.05, 0.1) is 5.69 Å². The van der Waals surface area contributed by atoms with Gasteiger partial charge >= 0.3 is 6.18 Å². The predicted molar refractivity (Wildman–Crippen MR) is 85.6 cm³/mol. The van der Waals surface area contributed by atoms with E-state index in [0.29, 0.717) is 19.3 Å². The Hall–Kier alpha value is -1.53. The Morgan fingerprint density at radius 1 is 1.29 bits per heavy atom. The molecule has 1 saturated carbocycles. The fourth-order valence-corrected chi connectivity index (χ4v) is 3.51. The Labute approximate surface area is 140 Å². The Balaban J connectivity index is 2.12. The summed E-state index contributed by atoms with van der Waals surface area (Å²) in [6, 6.07) is 0. The molecule has 136 valence electrons. The van der Waals surface area contributed by atoms with Crippen LogP contribution in [0.4, 0.5) is 13.2 Å². The van der Waals surface area contributed by atoms with Crippen molar-refractivity contribution >= 4 is 5.91 Å². The molecule has 1 aromatic heterocycles. The van der Waals surface area contributed by atoms with Gasteiger partial charge in [0.1, 0.15) is 5.54 Å². The van der Waals surface area contributed by atoms with Crippen molar-refractivity contribution in [2.24, 2.45) is 13.0 Å². The molecule has 1 heterocycles. The molecule has 0 saturated heterocycles. The number of alkyl halides is 3. The van der Waals surface area contributed by atoms with E-state index in [4.69, 9.17) is 0 Å². The Bertz CT molecular complexity index is 601. The number of hydrogen-bond donors (Lipinski definition) is 1. The summed E-state index contributed by atoms with van der Waals surface area (Å²) in [6.07, 6.45) is -2.30. The van der Waals surface area contributed by atoms with E-state index in [-0.39, 0.29) is 12.8 Å². The van der Waals surface area contributed by atoms with Gasteiger partial charge in [-0.2, -0.15) is 18.3 Å². The lowest BCUT2D eigenvalue weighted by molar-refractivity contribution is -0.207. The van der Waals surface area contributed by atoms with Gasteiger partial charge in [-0.15, -0.1) is 0 Å². The monoisotopic (exact) mass is 345 g/mol. The van der Waals surface area contributed by atoms with Crippen LogP contribution >= 0.6 is 0 Å². The van der Waals surface area contributed by atoms with Crippen LogP contribution in [0.25, 0.3) is 0 Å². The molecular weight excluding hydrogens is 319 g/mol. The van der Waals surface area contributed by atoms with Gasteiger partial charge in [0.25, 0.3) is 0 Å². The Morgan fingerprint density at radius 2 is 1.88 bits per heavy atom. The number of rotatable bonds is 4. The Morgan fingerprint density at radius 3 is 2.33 bits per heavy atom. The topological polar surface area (TPSA) is 46.9 Å². The minimum Gasteiger partial charge on any atom is -0.342 e. The van der Waals surface area contributed by atoms with E-state index in [9.17, 15) is 18.0 Å². The third-order valence-corrected chi connectivity index (χ3v) is 5.23. The summed E-state index contributed by atoms with van der Waals surface area (Å²) < 4.78 is 42.4. The third kappa shape index (κ3) is 3.59. The number of halogens is 3. The van der Waals surface area contributed by atoms with Crippen molar-refractivity contribution in [3.05, 3.63) is 17.0 Å². The van der Waals surface area contributed by atoms with E-state index in [2.05, 4.69) is 10.4 Å². The lowest BCUT2D eigenvalue weighted by Gasteiger charge is -2.40. The first-order valence-corrected chi connectivity index (χ1v) is 8.45. The van der Waals surface area contributed by atoms with Crippen molar-refractivity contribution in [2.45, 2.75) is 71.0 Å². The first kappa shape index (κ1) is 18.8. The van der Waals surface area contributed by atoms with Crippen LogP contribution in [0.1, 0.15) is 56.0 Å². The summed E-state index contributed by atoms with van der Waals surface area (Å²) in [5.74, 6) is -1.07. The predicted octanol–water partition coefficient (Wildman–Crippen LogP) is 3.60. The average Bonchev–Trinajstić information content (AvgIpc) is 2.73. The van der Waals surface area contributed by atoms with Crippen LogP contribution in [0.2, 0.25) is 0 Å². The first-order valence-electron chi connectivity index (χ1n) is 8.45. The number of hydrogen-bond acceptors (Lipinski definition) is 2. The highest BCUT2D eigenvalue weighted by Crippen LogP contribution is 2.41. The second kappa shape index (κ2) is 6.76. The van der Waals surface area contributed by atoms with E-state index in [0.717, 1.165) is 23.4 Å². The molecule has 1 atom stereocenters. The average molecular weight is 345 g/mol. The van der Waals surface area contributed by atoms with Gasteiger partial charge in [-0.3, -0.25) is 9.48 Å². The summed E-state index contributed by atoms with van der Waals surface area (Å²) in [5, 5.41) is 6.64. The standard InChI is InChI=1S/C17H26F3N3O/c1-11(10-14-12(2)22-23(4)13(14)3)15(24)21-16(17(18,19)20)8-6-5-7-9-16/h11H,5-10H2,1-4H3,(H,21,24). The summed E-state index contributed by atoms with van der Waals surface area (Å²) in [4.78, 5) is 12.5. The van der Waals surface area contributed by atoms with Crippen molar-refractivity contribution in [1.82, 2.24) is 15.1 Å². The van der Waals surface area contributed by atoms with Crippen LogP contribution < -0.4 is 5.32 Å². The number of carbonyl (C=O) groups is 1. The van der Waals surface area contributed by atoms with Gasteiger partial charge < -0.3 is 5.32 Å². The molecule has 4 nitrogen and oxygen atoms in total. The van der Waals surface area contributed by atoms with Crippen LogP contribution in [0.3, 0.4) is 0 Å². The molecule has 1 aliphatic carbocycles. The van der Waals surface area contributed by atoms with E-state index in [1.807, 2.05) is 20.9 Å². The van der Waals surface area contributed by atoms with Crippen molar-refractivity contribution < 1.29 is 18.0 Å². The molecule has 1 fully saturated rings. The summed E-state index contributed by atoms with van der Waals surface area (Å²) in [6.45, 7) is 5.43. The van der Waals surface area contributed by atoms with Crippen molar-refractivity contribution in [1.29, 1.82) is 0 Å². The number of carbonyl (C=O) groups excluding carboxylic acids is 1. The minimum atomic E-state index is -4.41. The smallest absolute Gasteiger partial charge is 0.342 e. The normalized spacial score (nSPS) is 19.1. The maximum Gasteiger partial charge on any atom is 0.411 e. The van der Waals surface area contributed by atoms with E-state index in [1.165, 1.54) is 0 Å². The first-order chi connectivity index (χ1) is 11.1. The van der Waals surface area contributed by atoms with Crippen LogP contribution in [-0.2, 0) is 18.3 Å². The van der Waals surface area contributed by atoms with Crippen LogP contribution in [0, 0.1) is 19.8 Å². The summed E-state index contributed by atoms with van der Waals surface area (Å²) in [5.41, 5.74) is 0.633. The molecule has 7 heteroatoms. The fourth-order valence-electron chi connectivity index (χ4n) is 3.51. The molecule has 1 amide bonds. The molecule has 24 heavy (non-hydrogen) atoms. The molecule has 1 N–H and O–H groups in total. The number of nitrogens with one attached hydrogen (secondary N) is 1. The van der Waals surface area contributed by atoms with Gasteiger partial charge in [-0.25, -0.2) is 0 Å². The zero-order valence-electron chi connectivity index (χ0n) is 14.8. The molecule has 0 spiro atoms. The number of aromatic nitrogens is 2. The summed E-state index contributed by atoms with van der Waals surface area (Å²) >= 11 is 0. The molecule has 1 aromatic rings. The number of aryl methyl sites for hydroxylation is 2. The van der Waals surface area contributed by atoms with Crippen molar-refractivity contribution in [2.75, 3.05) is 0 Å². The molecule has 0 aromatic carbocycles. The van der Waals surface area contributed by atoms with E-state index >= 15 is 0 Å². The molecule has 0 bridgehead atoms. The minimum absolute atomic E-state index is 0.0279. The van der Waals surface area contributed by atoms with Crippen molar-refractivity contribution in [3.63, 3.8) is 0 Å². The van der Waals surface area contributed by atoms with Crippen LogP contribution in [0.5, 0.6) is 0 Å². The molecule has 1 unspecified atom stereocenters. The van der Waals surface area contributed by atoms with E-state index in [1.54, 1.807) is 11.6 Å². The third-order valence-electron chi connectivity index (χ3n) is 5.23. The second-order valence-corrected chi connectivity index (χ2v) is 7.01. The maximum absolute atomic E-state index is 13.6. The SMILES string of the molecule is Cc1nn(C)c(C)c1CC(C)C(=O)NC1(C(F)(F)F)CCCCC1. The highest BCUT2D eigenvalue weighted by Gasteiger charge is 2.55. The zero-order valence-corrected chi connectivity index (χ0v) is 14.8. The molecular formula is C17H26F3N3O. The highest BCUT2D eigenvalue weighted by molar-refractivity contribution is 5.79. The second-order valence-electron chi connectivity index (χ2n) is 7.01. The quantitative estimate of drug-likeness (QED) is 0.906. The van der Waals surface area contributed by atoms with Gasteiger partial charge in [-0.05, 0) is 38.7 Å². The summed E-state index contributed by atoms with van der Waals surface area (Å²) in [7, 11) is 1.82. The highest BCUT2D eigenvalue weighted by atomic mass is 19.4. The van der Waals surface area contributed by atoms with Gasteiger partial charge in [0.2, 0.25) is 5.91 Å². The molecule has 1 aliphatic rings. The van der Waals surface area contributed by atoms with Crippen molar-refractivity contribution in [3.8, 4) is 0 Å². The lowest BCUT2D eigenvalue weighted by atomic mass is 9.80. The molecule has 0 radical (unpaired) electrons. The van der Waals surface area contributed by atoms with Crippen LogP contribution in [0.15, 0.2) is 0 Å². The van der Waals surface area contributed by atoms with Gasteiger partial charge in [0, 0.05) is 18.7 Å².